The number of rotatable bonds is 7. The number of anilines is 1. The Morgan fingerprint density at radius 2 is 1.72 bits per heavy atom. The molecule has 2 amide bonds. The van der Waals surface area contributed by atoms with Gasteiger partial charge in [-0.3, -0.25) is 9.59 Å². The molecule has 11 nitrogen and oxygen atoms in total. The van der Waals surface area contributed by atoms with E-state index >= 15 is 0 Å². The Bertz CT molecular complexity index is 1710. The molecule has 1 aliphatic heterocycles. The van der Waals surface area contributed by atoms with E-state index in [1.54, 1.807) is 80.6 Å². The SMILES string of the molecule is COC1\C=C/C=C/C=C/CC(OC(=O)[C@H](C)NC(=O)C2CCCCC2)C(C)C(O)/C(C)=C/CCc2cc(OC(=O)c3ccccc3)cc(c2O)NC(=O)C1. The molecule has 4 unspecified atom stereocenters. The van der Waals surface area contributed by atoms with E-state index in [1.807, 2.05) is 19.1 Å². The highest BCUT2D eigenvalue weighted by Gasteiger charge is 2.31. The number of hydrogen-bond donors (Lipinski definition) is 4. The second-order valence-corrected chi connectivity index (χ2v) is 14.0. The Hall–Kier alpha value is -5.00. The molecule has 1 saturated carbocycles. The van der Waals surface area contributed by atoms with E-state index in [2.05, 4.69) is 10.6 Å². The van der Waals surface area contributed by atoms with Crippen LogP contribution in [0.15, 0.2) is 90.6 Å². The molecule has 5 atom stereocenters. The first-order valence-corrected chi connectivity index (χ1v) is 18.8. The number of benzene rings is 2. The van der Waals surface area contributed by atoms with Crippen LogP contribution < -0.4 is 15.4 Å². The van der Waals surface area contributed by atoms with Crippen molar-refractivity contribution in [3.05, 3.63) is 102 Å². The molecule has 0 spiro atoms. The zero-order chi connectivity index (χ0) is 39.0. The average molecular weight is 743 g/mol. The first-order chi connectivity index (χ1) is 26.0. The maximum atomic E-state index is 13.3. The van der Waals surface area contributed by atoms with Crippen molar-refractivity contribution in [2.45, 2.75) is 103 Å². The van der Waals surface area contributed by atoms with Crippen LogP contribution in [0.1, 0.15) is 88.1 Å². The van der Waals surface area contributed by atoms with Gasteiger partial charge in [0.2, 0.25) is 11.8 Å². The van der Waals surface area contributed by atoms with Gasteiger partial charge in [-0.1, -0.05) is 86.9 Å². The molecule has 0 aromatic heterocycles. The molecule has 0 saturated heterocycles. The fourth-order valence-corrected chi connectivity index (χ4v) is 6.54. The summed E-state index contributed by atoms with van der Waals surface area (Å²) in [6.07, 6.45) is 15.9. The Morgan fingerprint density at radius 3 is 2.44 bits per heavy atom. The summed E-state index contributed by atoms with van der Waals surface area (Å²) in [4.78, 5) is 52.1. The monoisotopic (exact) mass is 742 g/mol. The van der Waals surface area contributed by atoms with Gasteiger partial charge >= 0.3 is 11.9 Å². The Labute approximate surface area is 318 Å². The molecule has 290 valence electrons. The number of aromatic hydroxyl groups is 1. The lowest BCUT2D eigenvalue weighted by Crippen LogP contribution is -2.45. The number of aliphatic hydroxyl groups excluding tert-OH is 1. The van der Waals surface area contributed by atoms with Crippen molar-refractivity contribution >= 4 is 29.4 Å². The Balaban J connectivity index is 1.58. The molecule has 2 aromatic carbocycles. The van der Waals surface area contributed by atoms with Gasteiger partial charge in [0.1, 0.15) is 23.6 Å². The molecular weight excluding hydrogens is 688 g/mol. The number of ether oxygens (including phenoxy) is 3. The number of methoxy groups -OCH3 is 1. The van der Waals surface area contributed by atoms with Crippen LogP contribution in [0.4, 0.5) is 5.69 Å². The Kier molecular flexibility index (Phi) is 16.3. The summed E-state index contributed by atoms with van der Waals surface area (Å²) in [5.74, 6) is -2.40. The van der Waals surface area contributed by atoms with Crippen LogP contribution in [0.2, 0.25) is 0 Å². The van der Waals surface area contributed by atoms with E-state index in [-0.39, 0.29) is 41.9 Å². The van der Waals surface area contributed by atoms with Crippen molar-refractivity contribution < 1.29 is 43.6 Å². The van der Waals surface area contributed by atoms with E-state index < -0.39 is 48.1 Å². The lowest BCUT2D eigenvalue weighted by Gasteiger charge is -2.29. The van der Waals surface area contributed by atoms with Crippen LogP contribution in [0, 0.1) is 11.8 Å². The average Bonchev–Trinajstić information content (AvgIpc) is 3.17. The van der Waals surface area contributed by atoms with E-state index in [0.29, 0.717) is 29.5 Å². The number of hydrogen-bond acceptors (Lipinski definition) is 9. The molecule has 1 heterocycles. The van der Waals surface area contributed by atoms with Crippen LogP contribution in [-0.2, 0) is 30.3 Å². The molecule has 11 heteroatoms. The fourth-order valence-electron chi connectivity index (χ4n) is 6.54. The van der Waals surface area contributed by atoms with Gasteiger partial charge in [-0.05, 0) is 63.3 Å². The number of aryl methyl sites for hydroxylation is 1. The first-order valence-electron chi connectivity index (χ1n) is 18.8. The van der Waals surface area contributed by atoms with E-state index in [4.69, 9.17) is 14.2 Å². The molecule has 1 aliphatic carbocycles. The number of amides is 2. The maximum absolute atomic E-state index is 13.3. The van der Waals surface area contributed by atoms with Crippen molar-refractivity contribution in [1.82, 2.24) is 5.32 Å². The summed E-state index contributed by atoms with van der Waals surface area (Å²) in [5.41, 5.74) is 1.46. The highest BCUT2D eigenvalue weighted by molar-refractivity contribution is 5.94. The van der Waals surface area contributed by atoms with Crippen molar-refractivity contribution in [1.29, 1.82) is 0 Å². The molecule has 2 aromatic rings. The van der Waals surface area contributed by atoms with E-state index in [9.17, 15) is 29.4 Å². The van der Waals surface area contributed by atoms with Crippen LogP contribution in [0.25, 0.3) is 0 Å². The number of esters is 2. The molecule has 2 aliphatic rings. The van der Waals surface area contributed by atoms with Crippen molar-refractivity contribution in [2.75, 3.05) is 12.4 Å². The van der Waals surface area contributed by atoms with Gasteiger partial charge in [0, 0.05) is 37.0 Å². The number of phenolic OH excluding ortho intramolecular Hbond substituents is 1. The lowest BCUT2D eigenvalue weighted by molar-refractivity contribution is -0.156. The topological polar surface area (TPSA) is 160 Å². The zero-order valence-electron chi connectivity index (χ0n) is 31.7. The van der Waals surface area contributed by atoms with Crippen molar-refractivity contribution in [3.63, 3.8) is 0 Å². The molecule has 4 N–H and O–H groups in total. The highest BCUT2D eigenvalue weighted by atomic mass is 16.5. The minimum Gasteiger partial charge on any atom is -0.505 e. The van der Waals surface area contributed by atoms with Gasteiger partial charge in [-0.2, -0.15) is 0 Å². The second kappa shape index (κ2) is 21.0. The van der Waals surface area contributed by atoms with Gasteiger partial charge < -0.3 is 35.1 Å². The number of allylic oxidation sites excluding steroid dienone is 5. The minimum atomic E-state index is -0.983. The summed E-state index contributed by atoms with van der Waals surface area (Å²) < 4.78 is 17.1. The predicted molar refractivity (Wildman–Crippen MR) is 207 cm³/mol. The number of aliphatic hydroxyl groups is 1. The van der Waals surface area contributed by atoms with Crippen LogP contribution in [0.3, 0.4) is 0 Å². The standard InChI is InChI=1S/C43H54N2O9/c1-28-17-16-22-33-25-35(53-43(51)32-20-12-9-13-21-32)26-36(40(33)48)45-38(46)27-34(52-4)23-14-6-5-7-15-24-37(29(2)39(28)47)54-42(50)30(3)44-41(49)31-18-10-8-11-19-31/h5-7,9,12-15,17,20-21,23,25-26,29-31,34,37,39,47-48H,8,10-11,16,18-19,22,24,27H2,1-4H3,(H,44,49)(H,45,46)/b6-5+,15-7+,23-14-,28-17+/t29?,30-,34?,37?,39?/m0/s1. The normalized spacial score (nSPS) is 25.3. The van der Waals surface area contributed by atoms with Gasteiger partial charge in [0.25, 0.3) is 0 Å². The van der Waals surface area contributed by atoms with Crippen LogP contribution >= 0.6 is 0 Å². The van der Waals surface area contributed by atoms with Gasteiger partial charge in [-0.25, -0.2) is 9.59 Å². The van der Waals surface area contributed by atoms with Gasteiger partial charge in [0.15, 0.2) is 0 Å². The van der Waals surface area contributed by atoms with Crippen molar-refractivity contribution in [3.8, 4) is 11.5 Å². The summed E-state index contributed by atoms with van der Waals surface area (Å²) in [5, 5.41) is 28.3. The molecule has 1 fully saturated rings. The third-order valence-electron chi connectivity index (χ3n) is 9.90. The highest BCUT2D eigenvalue weighted by Crippen LogP contribution is 2.35. The number of carbonyl (C=O) groups is 4. The third-order valence-corrected chi connectivity index (χ3v) is 9.90. The van der Waals surface area contributed by atoms with Crippen molar-refractivity contribution in [2.24, 2.45) is 11.8 Å². The van der Waals surface area contributed by atoms with E-state index in [0.717, 1.165) is 32.1 Å². The molecule has 0 radical (unpaired) electrons. The summed E-state index contributed by atoms with van der Waals surface area (Å²) in [6, 6.07) is 10.6. The fraction of sp³-hybridized carbons (Fsp3) is 0.442. The third kappa shape index (κ3) is 12.6. The summed E-state index contributed by atoms with van der Waals surface area (Å²) >= 11 is 0. The molecule has 54 heavy (non-hydrogen) atoms. The lowest BCUT2D eigenvalue weighted by atomic mass is 9.88. The Morgan fingerprint density at radius 1 is 1.00 bits per heavy atom. The summed E-state index contributed by atoms with van der Waals surface area (Å²) in [6.45, 7) is 5.20. The first kappa shape index (κ1) is 41.8. The number of fused-ring (bicyclic) bond motifs is 2. The molecular formula is C43H54N2O9. The number of phenols is 1. The summed E-state index contributed by atoms with van der Waals surface area (Å²) in [7, 11) is 1.49. The predicted octanol–water partition coefficient (Wildman–Crippen LogP) is 6.90. The largest absolute Gasteiger partial charge is 0.505 e. The minimum absolute atomic E-state index is 0.0518. The van der Waals surface area contributed by atoms with Gasteiger partial charge in [-0.15, -0.1) is 0 Å². The number of carbonyl (C=O) groups excluding carboxylic acids is 4. The maximum Gasteiger partial charge on any atom is 0.343 e. The van der Waals surface area contributed by atoms with Crippen LogP contribution in [-0.4, -0.2) is 65.4 Å². The molecule has 2 bridgehead atoms. The smallest absolute Gasteiger partial charge is 0.343 e. The van der Waals surface area contributed by atoms with Crippen LogP contribution in [0.5, 0.6) is 11.5 Å². The van der Waals surface area contributed by atoms with Gasteiger partial charge in [0.05, 0.1) is 29.9 Å². The quantitative estimate of drug-likeness (QED) is 0.102. The second-order valence-electron chi connectivity index (χ2n) is 14.0. The zero-order valence-corrected chi connectivity index (χ0v) is 31.7. The van der Waals surface area contributed by atoms with E-state index in [1.165, 1.54) is 13.2 Å². The number of nitrogens with one attached hydrogen (secondary N) is 2. The molecule has 4 rings (SSSR count).